The minimum Gasteiger partial charge on any atom is -0.495 e. The van der Waals surface area contributed by atoms with E-state index in [2.05, 4.69) is 5.32 Å². The molecule has 1 amide bonds. The highest BCUT2D eigenvalue weighted by molar-refractivity contribution is 7.89. The van der Waals surface area contributed by atoms with Crippen molar-refractivity contribution < 1.29 is 27.4 Å². The summed E-state index contributed by atoms with van der Waals surface area (Å²) in [6.07, 6.45) is 0. The van der Waals surface area contributed by atoms with Crippen LogP contribution in [0.3, 0.4) is 0 Å². The molecule has 0 aromatic heterocycles. The van der Waals surface area contributed by atoms with E-state index in [1.54, 1.807) is 18.2 Å². The van der Waals surface area contributed by atoms with Crippen molar-refractivity contribution in [3.63, 3.8) is 0 Å². The van der Waals surface area contributed by atoms with Gasteiger partial charge in [-0.2, -0.15) is 4.31 Å². The van der Waals surface area contributed by atoms with E-state index in [0.29, 0.717) is 29.7 Å². The number of nitrogens with zero attached hydrogens (tertiary/aromatic N) is 1. The van der Waals surface area contributed by atoms with Crippen LogP contribution in [0.25, 0.3) is 0 Å². The van der Waals surface area contributed by atoms with E-state index in [0.717, 1.165) is 5.56 Å². The molecule has 0 bridgehead atoms. The number of sulfonamides is 1. The Morgan fingerprint density at radius 1 is 1.20 bits per heavy atom. The topological polar surface area (TPSA) is 94.2 Å². The normalized spacial score (nSPS) is 14.9. The van der Waals surface area contributed by atoms with Crippen LogP contribution in [0.1, 0.15) is 5.56 Å². The number of carbonyl (C=O) groups is 1. The van der Waals surface area contributed by atoms with E-state index in [-0.39, 0.29) is 30.3 Å². The molecule has 1 aliphatic heterocycles. The molecule has 0 aliphatic carbocycles. The molecule has 1 saturated heterocycles. The van der Waals surface area contributed by atoms with Gasteiger partial charge in [-0.25, -0.2) is 8.42 Å². The molecule has 2 aromatic carbocycles. The molecule has 0 radical (unpaired) electrons. The molecule has 1 heterocycles. The molecule has 0 saturated carbocycles. The van der Waals surface area contributed by atoms with Gasteiger partial charge >= 0.3 is 0 Å². The summed E-state index contributed by atoms with van der Waals surface area (Å²) in [7, 11) is -2.27. The summed E-state index contributed by atoms with van der Waals surface area (Å²) in [5.74, 6) is 0.385. The number of halogens is 1. The molecule has 1 fully saturated rings. The predicted octanol–water partition coefficient (Wildman–Crippen LogP) is 2.70. The van der Waals surface area contributed by atoms with Gasteiger partial charge in [0.05, 0.1) is 30.9 Å². The molecule has 0 unspecified atom stereocenters. The van der Waals surface area contributed by atoms with Crippen LogP contribution < -0.4 is 14.8 Å². The molecule has 0 spiro atoms. The Hall–Kier alpha value is -2.33. The zero-order chi connectivity index (χ0) is 21.7. The van der Waals surface area contributed by atoms with Gasteiger partial charge in [-0.3, -0.25) is 4.79 Å². The molecule has 2 aromatic rings. The zero-order valence-electron chi connectivity index (χ0n) is 16.7. The van der Waals surface area contributed by atoms with E-state index in [1.165, 1.54) is 29.6 Å². The number of morpholine rings is 1. The number of aryl methyl sites for hydroxylation is 1. The van der Waals surface area contributed by atoms with Crippen molar-refractivity contribution in [3.8, 4) is 11.5 Å². The second-order valence-corrected chi connectivity index (χ2v) is 8.97. The summed E-state index contributed by atoms with van der Waals surface area (Å²) in [6.45, 7) is 2.83. The Kier molecular flexibility index (Phi) is 7.19. The molecule has 10 heteroatoms. The molecule has 30 heavy (non-hydrogen) atoms. The summed E-state index contributed by atoms with van der Waals surface area (Å²) in [6, 6.07) is 9.42. The van der Waals surface area contributed by atoms with Gasteiger partial charge in [0.2, 0.25) is 10.0 Å². The van der Waals surface area contributed by atoms with E-state index < -0.39 is 15.9 Å². The molecule has 3 rings (SSSR count). The minimum atomic E-state index is -3.71. The third-order valence-electron chi connectivity index (χ3n) is 4.55. The van der Waals surface area contributed by atoms with Crippen molar-refractivity contribution in [1.29, 1.82) is 0 Å². The molecule has 162 valence electrons. The summed E-state index contributed by atoms with van der Waals surface area (Å²) >= 11 is 5.98. The van der Waals surface area contributed by atoms with Crippen molar-refractivity contribution in [2.75, 3.05) is 45.3 Å². The molecule has 0 atom stereocenters. The monoisotopic (exact) mass is 454 g/mol. The standard InChI is InChI=1S/C20H23ClN2O6S/c1-14-11-15(3-5-17(14)21)29-13-20(24)22-18-12-16(4-6-19(18)27-2)30(25,26)23-7-9-28-10-8-23/h3-6,11-12H,7-10,13H2,1-2H3,(H,22,24). The third-order valence-corrected chi connectivity index (χ3v) is 6.87. The number of anilines is 1. The predicted molar refractivity (Wildman–Crippen MR) is 113 cm³/mol. The third kappa shape index (κ3) is 5.23. The van der Waals surface area contributed by atoms with Crippen molar-refractivity contribution in [1.82, 2.24) is 4.31 Å². The van der Waals surface area contributed by atoms with Crippen LogP contribution in [0, 0.1) is 6.92 Å². The van der Waals surface area contributed by atoms with Crippen LogP contribution in [-0.4, -0.2) is 58.7 Å². The quantitative estimate of drug-likeness (QED) is 0.691. The fourth-order valence-corrected chi connectivity index (χ4v) is 4.48. The van der Waals surface area contributed by atoms with Crippen LogP contribution in [-0.2, 0) is 19.6 Å². The summed E-state index contributed by atoms with van der Waals surface area (Å²) in [4.78, 5) is 12.4. The first-order chi connectivity index (χ1) is 14.3. The first kappa shape index (κ1) is 22.4. The number of nitrogens with one attached hydrogen (secondary N) is 1. The van der Waals surface area contributed by atoms with Crippen LogP contribution in [0.4, 0.5) is 5.69 Å². The smallest absolute Gasteiger partial charge is 0.262 e. The van der Waals surface area contributed by atoms with Crippen LogP contribution in [0.15, 0.2) is 41.3 Å². The first-order valence-corrected chi connectivity index (χ1v) is 11.1. The lowest BCUT2D eigenvalue weighted by atomic mass is 10.2. The number of amides is 1. The highest BCUT2D eigenvalue weighted by Gasteiger charge is 2.27. The van der Waals surface area contributed by atoms with Crippen molar-refractivity contribution in [2.24, 2.45) is 0 Å². The number of rotatable bonds is 7. The van der Waals surface area contributed by atoms with Gasteiger partial charge in [0, 0.05) is 18.1 Å². The molecular weight excluding hydrogens is 432 g/mol. The number of ether oxygens (including phenoxy) is 3. The van der Waals surface area contributed by atoms with Gasteiger partial charge in [0.1, 0.15) is 11.5 Å². The number of hydrogen-bond acceptors (Lipinski definition) is 6. The average Bonchev–Trinajstić information content (AvgIpc) is 2.75. The maximum atomic E-state index is 12.9. The SMILES string of the molecule is COc1ccc(S(=O)(=O)N2CCOCC2)cc1NC(=O)COc1ccc(Cl)c(C)c1. The zero-order valence-corrected chi connectivity index (χ0v) is 18.3. The highest BCUT2D eigenvalue weighted by Crippen LogP contribution is 2.29. The second kappa shape index (κ2) is 9.65. The van der Waals surface area contributed by atoms with Gasteiger partial charge in [-0.05, 0) is 48.9 Å². The lowest BCUT2D eigenvalue weighted by molar-refractivity contribution is -0.118. The Labute approximate surface area is 180 Å². The molecule has 1 N–H and O–H groups in total. The maximum Gasteiger partial charge on any atom is 0.262 e. The van der Waals surface area contributed by atoms with Gasteiger partial charge < -0.3 is 19.5 Å². The van der Waals surface area contributed by atoms with Crippen LogP contribution in [0.5, 0.6) is 11.5 Å². The Morgan fingerprint density at radius 2 is 1.93 bits per heavy atom. The fourth-order valence-electron chi connectivity index (χ4n) is 2.92. The summed E-state index contributed by atoms with van der Waals surface area (Å²) in [5, 5.41) is 3.26. The number of carbonyl (C=O) groups excluding carboxylic acids is 1. The largest absolute Gasteiger partial charge is 0.495 e. The van der Waals surface area contributed by atoms with Crippen molar-refractivity contribution >= 4 is 33.2 Å². The summed E-state index contributed by atoms with van der Waals surface area (Å²) < 4.78 is 43.1. The van der Waals surface area contributed by atoms with Crippen molar-refractivity contribution in [2.45, 2.75) is 11.8 Å². The molecular formula is C20H23ClN2O6S. The fraction of sp³-hybridized carbons (Fsp3) is 0.350. The average molecular weight is 455 g/mol. The molecule has 8 nitrogen and oxygen atoms in total. The van der Waals surface area contributed by atoms with Gasteiger partial charge in [0.15, 0.2) is 6.61 Å². The first-order valence-electron chi connectivity index (χ1n) is 9.26. The van der Waals surface area contributed by atoms with Crippen molar-refractivity contribution in [3.05, 3.63) is 47.0 Å². The molecule has 1 aliphatic rings. The number of benzene rings is 2. The van der Waals surface area contributed by atoms with E-state index in [4.69, 9.17) is 25.8 Å². The minimum absolute atomic E-state index is 0.0646. The van der Waals surface area contributed by atoms with Gasteiger partial charge in [0.25, 0.3) is 5.91 Å². The lowest BCUT2D eigenvalue weighted by Crippen LogP contribution is -2.40. The summed E-state index contributed by atoms with van der Waals surface area (Å²) in [5.41, 5.74) is 1.07. The van der Waals surface area contributed by atoms with Crippen LogP contribution >= 0.6 is 11.6 Å². The Morgan fingerprint density at radius 3 is 2.60 bits per heavy atom. The van der Waals surface area contributed by atoms with E-state index >= 15 is 0 Å². The Bertz CT molecular complexity index is 1020. The Balaban J connectivity index is 1.73. The lowest BCUT2D eigenvalue weighted by Gasteiger charge is -2.26. The number of methoxy groups -OCH3 is 1. The maximum absolute atomic E-state index is 12.9. The van der Waals surface area contributed by atoms with Crippen LogP contribution in [0.2, 0.25) is 5.02 Å². The highest BCUT2D eigenvalue weighted by atomic mass is 35.5. The van der Waals surface area contributed by atoms with E-state index in [1.807, 2.05) is 6.92 Å². The number of hydrogen-bond donors (Lipinski definition) is 1. The van der Waals surface area contributed by atoms with Gasteiger partial charge in [-0.1, -0.05) is 11.6 Å². The van der Waals surface area contributed by atoms with Gasteiger partial charge in [-0.15, -0.1) is 0 Å². The second-order valence-electron chi connectivity index (χ2n) is 6.63. The van der Waals surface area contributed by atoms with E-state index in [9.17, 15) is 13.2 Å².